The molecule has 0 atom stereocenters. The number of nitrogens with two attached hydrogens (primary N) is 1. The third-order valence-electron chi connectivity index (χ3n) is 2.29. The summed E-state index contributed by atoms with van der Waals surface area (Å²) in [6, 6.07) is 0. The zero-order valence-electron chi connectivity index (χ0n) is 8.20. The smallest absolute Gasteiger partial charge is 0.265 e. The molecule has 2 rings (SSSR count). The molecule has 2 N–H and O–H groups in total. The Kier molecular flexibility index (Phi) is 2.47. The zero-order valence-corrected chi connectivity index (χ0v) is 9.02. The Bertz CT molecular complexity index is 475. The minimum atomic E-state index is -2.86. The number of hydrogen-bond donors (Lipinski definition) is 1. The van der Waals surface area contributed by atoms with Crippen LogP contribution in [0.25, 0.3) is 4.96 Å². The van der Waals surface area contributed by atoms with Gasteiger partial charge in [-0.25, -0.2) is 13.8 Å². The van der Waals surface area contributed by atoms with E-state index >= 15 is 0 Å². The van der Waals surface area contributed by atoms with Crippen LogP contribution < -0.4 is 5.73 Å². The number of fused-ring (bicyclic) bond motifs is 1. The topological polar surface area (TPSA) is 43.3 Å². The van der Waals surface area contributed by atoms with E-state index in [0.29, 0.717) is 11.4 Å². The number of alkyl halides is 2. The van der Waals surface area contributed by atoms with Crippen molar-refractivity contribution in [1.29, 1.82) is 0 Å². The normalized spacial score (nSPS) is 12.5. The summed E-state index contributed by atoms with van der Waals surface area (Å²) in [4.78, 5) is 4.94. The molecule has 2 heterocycles. The highest BCUT2D eigenvalue weighted by atomic mass is 32.1. The van der Waals surface area contributed by atoms with Gasteiger partial charge in [0.1, 0.15) is 0 Å². The van der Waals surface area contributed by atoms with Crippen LogP contribution in [0.2, 0.25) is 0 Å². The Labute approximate surface area is 89.5 Å². The van der Waals surface area contributed by atoms with Gasteiger partial charge in [-0.3, -0.25) is 4.40 Å². The van der Waals surface area contributed by atoms with Gasteiger partial charge in [0.2, 0.25) is 0 Å². The molecule has 2 aromatic heterocycles. The van der Waals surface area contributed by atoms with E-state index in [1.165, 1.54) is 11.3 Å². The van der Waals surface area contributed by atoms with Gasteiger partial charge in [-0.15, -0.1) is 11.3 Å². The molecule has 2 aromatic rings. The van der Waals surface area contributed by atoms with Gasteiger partial charge in [0.05, 0.1) is 24.4 Å². The predicted molar refractivity (Wildman–Crippen MR) is 55.5 cm³/mol. The summed E-state index contributed by atoms with van der Waals surface area (Å²) in [5.41, 5.74) is 6.21. The van der Waals surface area contributed by atoms with Crippen molar-refractivity contribution in [3.05, 3.63) is 23.0 Å². The first kappa shape index (κ1) is 10.5. The third kappa shape index (κ3) is 1.87. The standard InChI is InChI=1S/C9H11F2N3S/c1-6-7(4-9(10,11)5-12)14-2-3-15-8(14)13-6/h2-3H,4-5,12H2,1H3. The SMILES string of the molecule is Cc1nc2sccn2c1CC(F)(F)CN. The summed E-state index contributed by atoms with van der Waals surface area (Å²) >= 11 is 1.43. The van der Waals surface area contributed by atoms with E-state index in [1.54, 1.807) is 17.5 Å². The van der Waals surface area contributed by atoms with Crippen molar-refractivity contribution >= 4 is 16.3 Å². The number of thiazole rings is 1. The van der Waals surface area contributed by atoms with Crippen LogP contribution in [0.4, 0.5) is 8.78 Å². The predicted octanol–water partition coefficient (Wildman–Crippen LogP) is 1.84. The molecule has 0 spiro atoms. The van der Waals surface area contributed by atoms with Crippen molar-refractivity contribution in [1.82, 2.24) is 9.38 Å². The van der Waals surface area contributed by atoms with Gasteiger partial charge in [0, 0.05) is 11.6 Å². The largest absolute Gasteiger partial charge is 0.325 e. The Balaban J connectivity index is 2.42. The highest BCUT2D eigenvalue weighted by Gasteiger charge is 2.29. The number of aromatic nitrogens is 2. The molecule has 0 bridgehead atoms. The van der Waals surface area contributed by atoms with Crippen LogP contribution in [-0.2, 0) is 6.42 Å². The van der Waals surface area contributed by atoms with Crippen molar-refractivity contribution in [3.8, 4) is 0 Å². The van der Waals surface area contributed by atoms with Gasteiger partial charge in [0.25, 0.3) is 5.92 Å². The minimum Gasteiger partial charge on any atom is -0.325 e. The van der Waals surface area contributed by atoms with Crippen molar-refractivity contribution in [3.63, 3.8) is 0 Å². The van der Waals surface area contributed by atoms with Crippen LogP contribution in [0, 0.1) is 6.92 Å². The van der Waals surface area contributed by atoms with Crippen LogP contribution in [0.15, 0.2) is 11.6 Å². The van der Waals surface area contributed by atoms with E-state index in [-0.39, 0.29) is 6.42 Å². The molecule has 0 radical (unpaired) electrons. The monoisotopic (exact) mass is 231 g/mol. The summed E-state index contributed by atoms with van der Waals surface area (Å²) in [6.07, 6.45) is 1.40. The second-order valence-electron chi connectivity index (χ2n) is 3.44. The van der Waals surface area contributed by atoms with Gasteiger partial charge in [0.15, 0.2) is 4.96 Å². The molecule has 0 aliphatic carbocycles. The number of nitrogens with zero attached hydrogens (tertiary/aromatic N) is 2. The summed E-state index contributed by atoms with van der Waals surface area (Å²) in [5, 5.41) is 1.83. The Morgan fingerprint density at radius 1 is 1.60 bits per heavy atom. The molecule has 0 fully saturated rings. The molecule has 3 nitrogen and oxygen atoms in total. The molecule has 0 aliphatic heterocycles. The van der Waals surface area contributed by atoms with E-state index in [2.05, 4.69) is 4.98 Å². The van der Waals surface area contributed by atoms with E-state index in [0.717, 1.165) is 4.96 Å². The maximum atomic E-state index is 13.2. The van der Waals surface area contributed by atoms with E-state index in [1.807, 2.05) is 5.38 Å². The summed E-state index contributed by atoms with van der Waals surface area (Å²) in [6.45, 7) is 1.10. The van der Waals surface area contributed by atoms with Crippen LogP contribution in [0.5, 0.6) is 0 Å². The van der Waals surface area contributed by atoms with Gasteiger partial charge in [-0.05, 0) is 6.92 Å². The zero-order chi connectivity index (χ0) is 11.1. The lowest BCUT2D eigenvalue weighted by Crippen LogP contribution is -2.30. The lowest BCUT2D eigenvalue weighted by atomic mass is 10.1. The Morgan fingerprint density at radius 3 is 3.00 bits per heavy atom. The molecule has 0 aliphatic rings. The second kappa shape index (κ2) is 3.53. The van der Waals surface area contributed by atoms with E-state index < -0.39 is 12.5 Å². The van der Waals surface area contributed by atoms with Crippen LogP contribution >= 0.6 is 11.3 Å². The number of imidazole rings is 1. The molecule has 0 unspecified atom stereocenters. The van der Waals surface area contributed by atoms with Crippen LogP contribution in [0.3, 0.4) is 0 Å². The molecule has 82 valence electrons. The lowest BCUT2D eigenvalue weighted by Gasteiger charge is -2.13. The maximum Gasteiger partial charge on any atom is 0.265 e. The fraction of sp³-hybridized carbons (Fsp3) is 0.444. The van der Waals surface area contributed by atoms with Crippen molar-refractivity contribution in [2.45, 2.75) is 19.3 Å². The Hall–Kier alpha value is -1.01. The van der Waals surface area contributed by atoms with E-state index in [9.17, 15) is 8.78 Å². The molecule has 0 amide bonds. The average Bonchev–Trinajstić information content (AvgIpc) is 2.71. The molecular weight excluding hydrogens is 220 g/mol. The first-order chi connectivity index (χ1) is 7.03. The molecule has 0 saturated carbocycles. The summed E-state index contributed by atoms with van der Waals surface area (Å²) in [7, 11) is 0. The van der Waals surface area contributed by atoms with Crippen molar-refractivity contribution < 1.29 is 8.78 Å². The first-order valence-electron chi connectivity index (χ1n) is 4.52. The van der Waals surface area contributed by atoms with Gasteiger partial charge in [-0.2, -0.15) is 0 Å². The number of rotatable bonds is 3. The lowest BCUT2D eigenvalue weighted by molar-refractivity contribution is 0.0102. The number of halogens is 2. The van der Waals surface area contributed by atoms with E-state index in [4.69, 9.17) is 5.73 Å². The van der Waals surface area contributed by atoms with Gasteiger partial charge < -0.3 is 5.73 Å². The fourth-order valence-electron chi connectivity index (χ4n) is 1.47. The molecule has 15 heavy (non-hydrogen) atoms. The fourth-order valence-corrected chi connectivity index (χ4v) is 2.25. The van der Waals surface area contributed by atoms with Crippen LogP contribution in [0.1, 0.15) is 11.4 Å². The minimum absolute atomic E-state index is 0.354. The number of aryl methyl sites for hydroxylation is 1. The van der Waals surface area contributed by atoms with Gasteiger partial charge >= 0.3 is 0 Å². The van der Waals surface area contributed by atoms with Gasteiger partial charge in [-0.1, -0.05) is 0 Å². The highest BCUT2D eigenvalue weighted by Crippen LogP contribution is 2.23. The van der Waals surface area contributed by atoms with Crippen molar-refractivity contribution in [2.24, 2.45) is 5.73 Å². The molecule has 0 saturated heterocycles. The second-order valence-corrected chi connectivity index (χ2v) is 4.31. The molecular formula is C9H11F2N3S. The highest BCUT2D eigenvalue weighted by molar-refractivity contribution is 7.15. The maximum absolute atomic E-state index is 13.2. The average molecular weight is 231 g/mol. The first-order valence-corrected chi connectivity index (χ1v) is 5.40. The van der Waals surface area contributed by atoms with Crippen LogP contribution in [-0.4, -0.2) is 21.9 Å². The molecule has 6 heteroatoms. The van der Waals surface area contributed by atoms with Crippen molar-refractivity contribution in [2.75, 3.05) is 6.54 Å². The summed E-state index contributed by atoms with van der Waals surface area (Å²) in [5.74, 6) is -2.86. The summed E-state index contributed by atoms with van der Waals surface area (Å²) < 4.78 is 28.0. The third-order valence-corrected chi connectivity index (χ3v) is 3.04. The molecule has 0 aromatic carbocycles. The number of hydrogen-bond acceptors (Lipinski definition) is 3. The Morgan fingerprint density at radius 2 is 2.33 bits per heavy atom. The quantitative estimate of drug-likeness (QED) is 0.876.